The topological polar surface area (TPSA) is 63.6 Å². The van der Waals surface area contributed by atoms with Crippen molar-refractivity contribution in [3.05, 3.63) is 12.2 Å². The fourth-order valence-corrected chi connectivity index (χ4v) is 0.919. The van der Waals surface area contributed by atoms with E-state index in [4.69, 9.17) is 9.84 Å². The molecule has 0 fully saturated rings. The summed E-state index contributed by atoms with van der Waals surface area (Å²) in [5.41, 5.74) is 0. The number of rotatable bonds is 6. The van der Waals surface area contributed by atoms with Crippen molar-refractivity contribution in [2.45, 2.75) is 20.3 Å². The molecule has 0 aromatic rings. The lowest BCUT2D eigenvalue weighted by Crippen LogP contribution is -2.22. The Balaban J connectivity index is 4.29. The second-order valence-electron chi connectivity index (χ2n) is 2.78. The van der Waals surface area contributed by atoms with Crippen LogP contribution in [0.4, 0.5) is 0 Å². The molecule has 14 heavy (non-hydrogen) atoms. The summed E-state index contributed by atoms with van der Waals surface area (Å²) in [6.45, 7) is 3.29. The second-order valence-corrected chi connectivity index (χ2v) is 2.78. The molecule has 0 saturated carbocycles. The van der Waals surface area contributed by atoms with Crippen LogP contribution in [-0.4, -0.2) is 30.1 Å². The molecule has 4 nitrogen and oxygen atoms in total. The first-order valence-electron chi connectivity index (χ1n) is 4.58. The van der Waals surface area contributed by atoms with Gasteiger partial charge in [-0.1, -0.05) is 12.2 Å². The van der Waals surface area contributed by atoms with Crippen LogP contribution in [0, 0.1) is 5.92 Å². The molecule has 0 amide bonds. The average Bonchev–Trinajstić information content (AvgIpc) is 2.12. The van der Waals surface area contributed by atoms with Gasteiger partial charge in [-0.3, -0.25) is 9.59 Å². The van der Waals surface area contributed by atoms with E-state index in [9.17, 15) is 9.59 Å². The van der Waals surface area contributed by atoms with Crippen LogP contribution in [0.25, 0.3) is 0 Å². The summed E-state index contributed by atoms with van der Waals surface area (Å²) in [5, 5.41) is 8.51. The van der Waals surface area contributed by atoms with Crippen LogP contribution in [0.5, 0.6) is 0 Å². The van der Waals surface area contributed by atoms with Gasteiger partial charge in [0.2, 0.25) is 0 Å². The molecule has 1 unspecified atom stereocenters. The van der Waals surface area contributed by atoms with Crippen molar-refractivity contribution >= 4 is 11.8 Å². The lowest BCUT2D eigenvalue weighted by atomic mass is 10.0. The minimum atomic E-state index is -0.832. The lowest BCUT2D eigenvalue weighted by molar-refractivity contribution is -0.149. The monoisotopic (exact) mass is 200 g/mol. The van der Waals surface area contributed by atoms with Crippen molar-refractivity contribution in [1.29, 1.82) is 0 Å². The highest BCUT2D eigenvalue weighted by Gasteiger charge is 2.20. The highest BCUT2D eigenvalue weighted by atomic mass is 16.5. The standard InChI is InChI=1S/C10H16O4/c1-3-14-10(13)9(8(2)12)6-4-5-7-11/h4,6,9,11H,3,5,7H2,1-2H3. The zero-order valence-corrected chi connectivity index (χ0v) is 8.53. The van der Waals surface area contributed by atoms with E-state index < -0.39 is 11.9 Å². The molecule has 0 bridgehead atoms. The summed E-state index contributed by atoms with van der Waals surface area (Å²) in [6.07, 6.45) is 3.50. The normalized spacial score (nSPS) is 12.8. The molecular weight excluding hydrogens is 184 g/mol. The fourth-order valence-electron chi connectivity index (χ4n) is 0.919. The number of carbonyl (C=O) groups excluding carboxylic acids is 2. The minimum Gasteiger partial charge on any atom is -0.465 e. The van der Waals surface area contributed by atoms with Crippen molar-refractivity contribution < 1.29 is 19.4 Å². The van der Waals surface area contributed by atoms with Crippen molar-refractivity contribution in [1.82, 2.24) is 0 Å². The van der Waals surface area contributed by atoms with E-state index in [-0.39, 0.29) is 19.0 Å². The Kier molecular flexibility index (Phi) is 6.66. The van der Waals surface area contributed by atoms with E-state index in [1.807, 2.05) is 0 Å². The maximum atomic E-state index is 11.2. The van der Waals surface area contributed by atoms with Gasteiger partial charge in [-0.2, -0.15) is 0 Å². The van der Waals surface area contributed by atoms with Crippen LogP contribution in [0.3, 0.4) is 0 Å². The molecule has 0 rings (SSSR count). The SMILES string of the molecule is CCOC(=O)C(C=CCCO)C(C)=O. The molecule has 0 saturated heterocycles. The van der Waals surface area contributed by atoms with Gasteiger partial charge in [-0.05, 0) is 20.3 Å². The third kappa shape index (κ3) is 4.77. The van der Waals surface area contributed by atoms with Crippen LogP contribution in [-0.2, 0) is 14.3 Å². The third-order valence-corrected chi connectivity index (χ3v) is 1.60. The fraction of sp³-hybridized carbons (Fsp3) is 0.600. The number of ketones is 1. The Morgan fingerprint density at radius 1 is 1.50 bits per heavy atom. The Morgan fingerprint density at radius 3 is 2.57 bits per heavy atom. The van der Waals surface area contributed by atoms with E-state index in [1.54, 1.807) is 13.0 Å². The maximum Gasteiger partial charge on any atom is 0.320 e. The molecule has 80 valence electrons. The first-order chi connectivity index (χ1) is 6.63. The molecule has 0 aliphatic rings. The summed E-state index contributed by atoms with van der Waals surface area (Å²) < 4.78 is 4.72. The van der Waals surface area contributed by atoms with Gasteiger partial charge in [-0.15, -0.1) is 0 Å². The highest BCUT2D eigenvalue weighted by Crippen LogP contribution is 2.04. The predicted molar refractivity (Wildman–Crippen MR) is 51.6 cm³/mol. The first kappa shape index (κ1) is 12.8. The summed E-state index contributed by atoms with van der Waals surface area (Å²) in [6, 6.07) is 0. The summed E-state index contributed by atoms with van der Waals surface area (Å²) >= 11 is 0. The largest absolute Gasteiger partial charge is 0.465 e. The van der Waals surface area contributed by atoms with Gasteiger partial charge in [-0.25, -0.2) is 0 Å². The van der Waals surface area contributed by atoms with Crippen molar-refractivity contribution in [3.8, 4) is 0 Å². The zero-order valence-electron chi connectivity index (χ0n) is 8.53. The third-order valence-electron chi connectivity index (χ3n) is 1.60. The van der Waals surface area contributed by atoms with E-state index in [0.29, 0.717) is 6.42 Å². The van der Waals surface area contributed by atoms with Crippen LogP contribution in [0.15, 0.2) is 12.2 Å². The number of hydrogen-bond acceptors (Lipinski definition) is 4. The molecule has 1 N–H and O–H groups in total. The maximum absolute atomic E-state index is 11.2. The van der Waals surface area contributed by atoms with Crippen molar-refractivity contribution in [2.75, 3.05) is 13.2 Å². The van der Waals surface area contributed by atoms with Gasteiger partial charge < -0.3 is 9.84 Å². The molecule has 0 radical (unpaired) electrons. The minimum absolute atomic E-state index is 0.00392. The van der Waals surface area contributed by atoms with E-state index in [2.05, 4.69) is 0 Å². The van der Waals surface area contributed by atoms with Gasteiger partial charge in [0, 0.05) is 6.61 Å². The molecule has 0 spiro atoms. The second kappa shape index (κ2) is 7.26. The van der Waals surface area contributed by atoms with Gasteiger partial charge in [0.25, 0.3) is 0 Å². The number of carbonyl (C=O) groups is 2. The van der Waals surface area contributed by atoms with Crippen LogP contribution in [0.1, 0.15) is 20.3 Å². The number of aliphatic hydroxyl groups excluding tert-OH is 1. The van der Waals surface area contributed by atoms with Gasteiger partial charge in [0.05, 0.1) is 6.61 Å². The Bertz CT molecular complexity index is 220. The van der Waals surface area contributed by atoms with Gasteiger partial charge in [0.15, 0.2) is 0 Å². The molecule has 1 atom stereocenters. The summed E-state index contributed by atoms with van der Waals surface area (Å²) in [7, 11) is 0. The van der Waals surface area contributed by atoms with Gasteiger partial charge >= 0.3 is 5.97 Å². The quantitative estimate of drug-likeness (QED) is 0.389. The van der Waals surface area contributed by atoms with E-state index >= 15 is 0 Å². The highest BCUT2D eigenvalue weighted by molar-refractivity contribution is 5.99. The molecular formula is C10H16O4. The summed E-state index contributed by atoms with van der Waals surface area (Å²) in [4.78, 5) is 22.3. The molecule has 4 heteroatoms. The number of aliphatic hydroxyl groups is 1. The van der Waals surface area contributed by atoms with Crippen LogP contribution in [0.2, 0.25) is 0 Å². The predicted octanol–water partition coefficient (Wildman–Crippen LogP) is 0.693. The molecule has 0 aliphatic carbocycles. The molecule has 0 heterocycles. The van der Waals surface area contributed by atoms with Crippen molar-refractivity contribution in [2.24, 2.45) is 5.92 Å². The van der Waals surface area contributed by atoms with Crippen molar-refractivity contribution in [3.63, 3.8) is 0 Å². The Labute approximate surface area is 83.6 Å². The van der Waals surface area contributed by atoms with Gasteiger partial charge in [0.1, 0.15) is 11.7 Å². The van der Waals surface area contributed by atoms with Crippen LogP contribution >= 0.6 is 0 Å². The Hall–Kier alpha value is -1.16. The molecule has 0 aromatic carbocycles. The molecule has 0 aromatic heterocycles. The average molecular weight is 200 g/mol. The number of Topliss-reactive ketones (excluding diaryl/α,β-unsaturated/α-hetero) is 1. The molecule has 0 aliphatic heterocycles. The first-order valence-corrected chi connectivity index (χ1v) is 4.58. The van der Waals surface area contributed by atoms with E-state index in [1.165, 1.54) is 13.0 Å². The Morgan fingerprint density at radius 2 is 2.14 bits per heavy atom. The number of hydrogen-bond donors (Lipinski definition) is 1. The smallest absolute Gasteiger partial charge is 0.320 e. The zero-order chi connectivity index (χ0) is 11.0. The lowest BCUT2D eigenvalue weighted by Gasteiger charge is -2.07. The van der Waals surface area contributed by atoms with Crippen LogP contribution < -0.4 is 0 Å². The summed E-state index contributed by atoms with van der Waals surface area (Å²) in [5.74, 6) is -1.62. The number of esters is 1. The van der Waals surface area contributed by atoms with E-state index in [0.717, 1.165) is 0 Å². The number of ether oxygens (including phenoxy) is 1.